The molecule has 1 saturated carbocycles. The highest BCUT2D eigenvalue weighted by Gasteiger charge is 2.36. The molecule has 0 radical (unpaired) electrons. The van der Waals surface area contributed by atoms with Crippen molar-refractivity contribution in [2.24, 2.45) is 5.73 Å². The summed E-state index contributed by atoms with van der Waals surface area (Å²) in [5.41, 5.74) is 9.82. The SMILES string of the molecule is NCC1(c2cccc(OCc3ccccc3)c2OCc2ccccc2)CCCCC1. The second kappa shape index (κ2) is 9.82. The third kappa shape index (κ3) is 4.68. The van der Waals surface area contributed by atoms with Crippen LogP contribution in [0.2, 0.25) is 0 Å². The van der Waals surface area contributed by atoms with Crippen molar-refractivity contribution in [3.63, 3.8) is 0 Å². The highest BCUT2D eigenvalue weighted by atomic mass is 16.5. The van der Waals surface area contributed by atoms with Crippen LogP contribution in [0, 0.1) is 0 Å². The van der Waals surface area contributed by atoms with Gasteiger partial charge in [-0.1, -0.05) is 92.1 Å². The molecular weight excluding hydrogens is 370 g/mol. The fraction of sp³-hybridized carbons (Fsp3) is 0.333. The first-order chi connectivity index (χ1) is 14.8. The highest BCUT2D eigenvalue weighted by molar-refractivity contribution is 5.51. The predicted molar refractivity (Wildman–Crippen MR) is 122 cm³/mol. The Kier molecular flexibility index (Phi) is 6.70. The lowest BCUT2D eigenvalue weighted by molar-refractivity contribution is 0.237. The van der Waals surface area contributed by atoms with Crippen molar-refractivity contribution in [3.05, 3.63) is 95.6 Å². The number of para-hydroxylation sites is 1. The fourth-order valence-electron chi connectivity index (χ4n) is 4.47. The van der Waals surface area contributed by atoms with E-state index in [0.717, 1.165) is 35.5 Å². The van der Waals surface area contributed by atoms with Gasteiger partial charge in [-0.3, -0.25) is 0 Å². The highest BCUT2D eigenvalue weighted by Crippen LogP contribution is 2.46. The molecule has 0 aromatic heterocycles. The van der Waals surface area contributed by atoms with E-state index in [1.807, 2.05) is 42.5 Å². The van der Waals surface area contributed by atoms with Gasteiger partial charge in [-0.15, -0.1) is 0 Å². The van der Waals surface area contributed by atoms with Crippen molar-refractivity contribution in [2.75, 3.05) is 6.54 Å². The van der Waals surface area contributed by atoms with Gasteiger partial charge in [0, 0.05) is 17.5 Å². The first kappa shape index (κ1) is 20.5. The molecule has 3 aromatic carbocycles. The minimum Gasteiger partial charge on any atom is -0.485 e. The zero-order chi connectivity index (χ0) is 20.7. The van der Waals surface area contributed by atoms with Crippen molar-refractivity contribution in [1.82, 2.24) is 0 Å². The number of rotatable bonds is 8. The molecule has 156 valence electrons. The maximum atomic E-state index is 6.44. The van der Waals surface area contributed by atoms with Gasteiger partial charge in [0.1, 0.15) is 13.2 Å². The molecule has 3 heteroatoms. The molecule has 0 bridgehead atoms. The van der Waals surface area contributed by atoms with E-state index < -0.39 is 0 Å². The normalized spacial score (nSPS) is 15.5. The number of nitrogens with two attached hydrogens (primary N) is 1. The van der Waals surface area contributed by atoms with Crippen LogP contribution in [-0.2, 0) is 18.6 Å². The summed E-state index contributed by atoms with van der Waals surface area (Å²) < 4.78 is 12.7. The third-order valence-corrected chi connectivity index (χ3v) is 6.21. The predicted octanol–water partition coefficient (Wildman–Crippen LogP) is 6.01. The van der Waals surface area contributed by atoms with E-state index in [9.17, 15) is 0 Å². The summed E-state index contributed by atoms with van der Waals surface area (Å²) in [6, 6.07) is 26.8. The smallest absolute Gasteiger partial charge is 0.165 e. The summed E-state index contributed by atoms with van der Waals surface area (Å²) in [5.74, 6) is 1.65. The Morgan fingerprint density at radius 2 is 1.27 bits per heavy atom. The van der Waals surface area contributed by atoms with Gasteiger partial charge in [0.25, 0.3) is 0 Å². The standard InChI is InChI=1S/C27H31NO2/c28-21-27(17-8-3-9-18-27)24-15-10-16-25(29-19-22-11-4-1-5-12-22)26(24)30-20-23-13-6-2-7-14-23/h1-2,4-7,10-16H,3,8-9,17-21,28H2. The first-order valence-corrected chi connectivity index (χ1v) is 11.0. The molecule has 1 aliphatic rings. The number of benzene rings is 3. The summed E-state index contributed by atoms with van der Waals surface area (Å²) in [6.45, 7) is 1.67. The van der Waals surface area contributed by atoms with E-state index >= 15 is 0 Å². The number of hydrogen-bond acceptors (Lipinski definition) is 3. The van der Waals surface area contributed by atoms with E-state index in [4.69, 9.17) is 15.2 Å². The van der Waals surface area contributed by atoms with Gasteiger partial charge in [-0.05, 0) is 30.0 Å². The molecule has 30 heavy (non-hydrogen) atoms. The molecule has 0 unspecified atom stereocenters. The lowest BCUT2D eigenvalue weighted by atomic mass is 9.69. The molecular formula is C27H31NO2. The zero-order valence-corrected chi connectivity index (χ0v) is 17.6. The topological polar surface area (TPSA) is 44.5 Å². The summed E-state index contributed by atoms with van der Waals surface area (Å²) in [6.07, 6.45) is 5.92. The quantitative estimate of drug-likeness (QED) is 0.503. The minimum absolute atomic E-state index is 0.0314. The van der Waals surface area contributed by atoms with Crippen LogP contribution in [0.15, 0.2) is 78.9 Å². The van der Waals surface area contributed by atoms with Gasteiger partial charge in [0.05, 0.1) is 0 Å². The Morgan fingerprint density at radius 1 is 0.667 bits per heavy atom. The molecule has 2 N–H and O–H groups in total. The lowest BCUT2D eigenvalue weighted by Gasteiger charge is -2.38. The van der Waals surface area contributed by atoms with Crippen LogP contribution >= 0.6 is 0 Å². The largest absolute Gasteiger partial charge is 0.485 e. The molecule has 1 fully saturated rings. The third-order valence-electron chi connectivity index (χ3n) is 6.21. The van der Waals surface area contributed by atoms with Crippen molar-refractivity contribution >= 4 is 0 Å². The average molecular weight is 402 g/mol. The monoisotopic (exact) mass is 401 g/mol. The van der Waals surface area contributed by atoms with E-state index in [1.54, 1.807) is 0 Å². The molecule has 1 aliphatic carbocycles. The lowest BCUT2D eigenvalue weighted by Crippen LogP contribution is -2.37. The van der Waals surface area contributed by atoms with E-state index in [0.29, 0.717) is 19.8 Å². The molecule has 0 aliphatic heterocycles. The average Bonchev–Trinajstić information content (AvgIpc) is 2.83. The van der Waals surface area contributed by atoms with Crippen molar-refractivity contribution in [2.45, 2.75) is 50.7 Å². The first-order valence-electron chi connectivity index (χ1n) is 11.0. The maximum absolute atomic E-state index is 6.44. The van der Waals surface area contributed by atoms with Crippen LogP contribution < -0.4 is 15.2 Å². The Labute approximate surface area is 179 Å². The molecule has 4 rings (SSSR count). The van der Waals surface area contributed by atoms with Crippen LogP contribution in [0.1, 0.15) is 48.8 Å². The van der Waals surface area contributed by atoms with Gasteiger partial charge in [0.2, 0.25) is 0 Å². The fourth-order valence-corrected chi connectivity index (χ4v) is 4.47. The molecule has 0 atom stereocenters. The van der Waals surface area contributed by atoms with E-state index in [2.05, 4.69) is 36.4 Å². The molecule has 0 amide bonds. The van der Waals surface area contributed by atoms with Crippen LogP contribution in [0.5, 0.6) is 11.5 Å². The van der Waals surface area contributed by atoms with Crippen LogP contribution in [-0.4, -0.2) is 6.54 Å². The van der Waals surface area contributed by atoms with Gasteiger partial charge in [0.15, 0.2) is 11.5 Å². The zero-order valence-electron chi connectivity index (χ0n) is 17.6. The van der Waals surface area contributed by atoms with E-state index in [1.165, 1.54) is 24.8 Å². The van der Waals surface area contributed by atoms with Gasteiger partial charge in [-0.25, -0.2) is 0 Å². The van der Waals surface area contributed by atoms with Gasteiger partial charge in [-0.2, -0.15) is 0 Å². The van der Waals surface area contributed by atoms with Crippen molar-refractivity contribution in [3.8, 4) is 11.5 Å². The van der Waals surface area contributed by atoms with Gasteiger partial charge < -0.3 is 15.2 Å². The Bertz CT molecular complexity index is 918. The molecule has 3 aromatic rings. The number of hydrogen-bond donors (Lipinski definition) is 1. The Hall–Kier alpha value is -2.78. The second-order valence-electron chi connectivity index (χ2n) is 8.23. The molecule has 0 spiro atoms. The summed E-state index contributed by atoms with van der Waals surface area (Å²) >= 11 is 0. The van der Waals surface area contributed by atoms with Crippen molar-refractivity contribution in [1.29, 1.82) is 0 Å². The van der Waals surface area contributed by atoms with Crippen molar-refractivity contribution < 1.29 is 9.47 Å². The molecule has 3 nitrogen and oxygen atoms in total. The van der Waals surface area contributed by atoms with Crippen LogP contribution in [0.25, 0.3) is 0 Å². The molecule has 0 saturated heterocycles. The Morgan fingerprint density at radius 3 is 1.87 bits per heavy atom. The maximum Gasteiger partial charge on any atom is 0.165 e. The van der Waals surface area contributed by atoms with Gasteiger partial charge >= 0.3 is 0 Å². The number of ether oxygens (including phenoxy) is 2. The van der Waals surface area contributed by atoms with Crippen LogP contribution in [0.4, 0.5) is 0 Å². The molecule has 0 heterocycles. The Balaban J connectivity index is 1.65. The van der Waals surface area contributed by atoms with Crippen LogP contribution in [0.3, 0.4) is 0 Å². The van der Waals surface area contributed by atoms with E-state index in [-0.39, 0.29) is 5.41 Å². The summed E-state index contributed by atoms with van der Waals surface area (Å²) in [5, 5.41) is 0. The summed E-state index contributed by atoms with van der Waals surface area (Å²) in [7, 11) is 0. The minimum atomic E-state index is -0.0314. The second-order valence-corrected chi connectivity index (χ2v) is 8.23. The summed E-state index contributed by atoms with van der Waals surface area (Å²) in [4.78, 5) is 0.